The fraction of sp³-hybridized carbons (Fsp3) is 0.263. The minimum Gasteiger partial charge on any atom is -0.319 e. The molecule has 1 amide bonds. The number of carbonyl (C=O) groups excluding carboxylic acids is 1. The van der Waals surface area contributed by atoms with Gasteiger partial charge >= 0.3 is 0 Å². The lowest BCUT2D eigenvalue weighted by Gasteiger charge is -2.18. The predicted molar refractivity (Wildman–Crippen MR) is 104 cm³/mol. The summed E-state index contributed by atoms with van der Waals surface area (Å²) in [4.78, 5) is 17.5. The molecule has 0 aliphatic rings. The number of carbonyl (C=O) groups is 1. The van der Waals surface area contributed by atoms with Crippen molar-refractivity contribution in [2.75, 3.05) is 0 Å². The van der Waals surface area contributed by atoms with E-state index < -0.39 is 0 Å². The minimum atomic E-state index is -0.211. The maximum atomic E-state index is 12.5. The summed E-state index contributed by atoms with van der Waals surface area (Å²) in [6, 6.07) is 13.8. The summed E-state index contributed by atoms with van der Waals surface area (Å²) in [6.07, 6.45) is 0. The molecule has 0 unspecified atom stereocenters. The van der Waals surface area contributed by atoms with Gasteiger partial charge in [0.2, 0.25) is 0 Å². The molecule has 0 bridgehead atoms. The number of thiazole rings is 1. The Kier molecular flexibility index (Phi) is 4.49. The summed E-state index contributed by atoms with van der Waals surface area (Å²) in [5.41, 5.74) is 2.96. The van der Waals surface area contributed by atoms with Crippen LogP contribution in [0.5, 0.6) is 0 Å². The highest BCUT2D eigenvalue weighted by molar-refractivity contribution is 9.10. The van der Waals surface area contributed by atoms with Crippen molar-refractivity contribution in [3.8, 4) is 0 Å². The van der Waals surface area contributed by atoms with Crippen LogP contribution in [-0.2, 0) is 12.5 Å². The number of fused-ring (bicyclic) bond motifs is 1. The Labute approximate surface area is 153 Å². The molecule has 3 aromatic rings. The van der Waals surface area contributed by atoms with E-state index in [-0.39, 0.29) is 11.3 Å². The van der Waals surface area contributed by atoms with E-state index in [0.29, 0.717) is 10.4 Å². The highest BCUT2D eigenvalue weighted by Gasteiger charge is 2.14. The van der Waals surface area contributed by atoms with Crippen molar-refractivity contribution >= 4 is 43.4 Å². The van der Waals surface area contributed by atoms with Crippen LogP contribution in [0.25, 0.3) is 10.2 Å². The van der Waals surface area contributed by atoms with E-state index in [1.54, 1.807) is 0 Å². The fourth-order valence-corrected chi connectivity index (χ4v) is 4.05. The SMILES string of the molecule is Cn1c(=NC(=O)c2ccc(C(C)(C)C)cc2)sc2cc(Br)ccc21. The first-order valence-corrected chi connectivity index (χ1v) is 9.31. The number of aromatic nitrogens is 1. The van der Waals surface area contributed by atoms with Gasteiger partial charge in [-0.3, -0.25) is 4.79 Å². The smallest absolute Gasteiger partial charge is 0.279 e. The van der Waals surface area contributed by atoms with Gasteiger partial charge in [-0.2, -0.15) is 4.99 Å². The van der Waals surface area contributed by atoms with Crippen molar-refractivity contribution < 1.29 is 4.79 Å². The normalized spacial score (nSPS) is 12.8. The first kappa shape index (κ1) is 17.1. The molecule has 5 heteroatoms. The molecule has 0 saturated carbocycles. The van der Waals surface area contributed by atoms with Gasteiger partial charge in [-0.15, -0.1) is 0 Å². The lowest BCUT2D eigenvalue weighted by atomic mass is 9.87. The molecule has 0 atom stereocenters. The third kappa shape index (κ3) is 3.37. The van der Waals surface area contributed by atoms with Crippen LogP contribution in [0.3, 0.4) is 0 Å². The van der Waals surface area contributed by atoms with Crippen LogP contribution in [0.1, 0.15) is 36.7 Å². The summed E-state index contributed by atoms with van der Waals surface area (Å²) in [6.45, 7) is 6.47. The molecule has 0 N–H and O–H groups in total. The summed E-state index contributed by atoms with van der Waals surface area (Å²) in [5.74, 6) is -0.211. The zero-order valence-corrected chi connectivity index (χ0v) is 16.5. The van der Waals surface area contributed by atoms with Crippen LogP contribution in [0.15, 0.2) is 51.9 Å². The van der Waals surface area contributed by atoms with Crippen LogP contribution in [0.4, 0.5) is 0 Å². The van der Waals surface area contributed by atoms with E-state index in [1.165, 1.54) is 16.9 Å². The Balaban J connectivity index is 1.99. The molecule has 2 aromatic carbocycles. The molecule has 0 aliphatic heterocycles. The molecule has 1 aromatic heterocycles. The standard InChI is InChI=1S/C19H19BrN2OS/c1-19(2,3)13-7-5-12(6-8-13)17(23)21-18-22(4)15-10-9-14(20)11-16(15)24-18/h5-11H,1-4H3. The molecule has 0 aliphatic carbocycles. The Hall–Kier alpha value is -1.72. The highest BCUT2D eigenvalue weighted by atomic mass is 79.9. The second kappa shape index (κ2) is 6.30. The van der Waals surface area contributed by atoms with Crippen LogP contribution in [0.2, 0.25) is 0 Å². The Morgan fingerprint density at radius 1 is 1.12 bits per heavy atom. The molecule has 24 heavy (non-hydrogen) atoms. The van der Waals surface area contributed by atoms with Crippen molar-refractivity contribution in [3.63, 3.8) is 0 Å². The second-order valence-electron chi connectivity index (χ2n) is 6.80. The molecule has 3 rings (SSSR count). The Bertz CT molecular complexity index is 975. The zero-order chi connectivity index (χ0) is 17.5. The molecule has 1 heterocycles. The van der Waals surface area contributed by atoms with Crippen molar-refractivity contribution in [1.29, 1.82) is 0 Å². The van der Waals surface area contributed by atoms with Crippen molar-refractivity contribution in [1.82, 2.24) is 4.57 Å². The van der Waals surface area contributed by atoms with Gasteiger partial charge in [-0.05, 0) is 41.3 Å². The minimum absolute atomic E-state index is 0.0734. The van der Waals surface area contributed by atoms with Gasteiger partial charge in [-0.1, -0.05) is 60.2 Å². The summed E-state index contributed by atoms with van der Waals surface area (Å²) < 4.78 is 4.07. The van der Waals surface area contributed by atoms with E-state index in [0.717, 1.165) is 14.7 Å². The zero-order valence-electron chi connectivity index (χ0n) is 14.1. The van der Waals surface area contributed by atoms with E-state index in [1.807, 2.05) is 54.1 Å². The number of halogens is 1. The van der Waals surface area contributed by atoms with Crippen molar-refractivity contribution in [3.05, 3.63) is 62.9 Å². The van der Waals surface area contributed by atoms with Gasteiger partial charge < -0.3 is 4.57 Å². The van der Waals surface area contributed by atoms with Crippen LogP contribution in [-0.4, -0.2) is 10.5 Å². The molecule has 0 spiro atoms. The van der Waals surface area contributed by atoms with Crippen LogP contribution in [0, 0.1) is 0 Å². The third-order valence-corrected chi connectivity index (χ3v) is 5.55. The maximum Gasteiger partial charge on any atom is 0.279 e. The molecule has 124 valence electrons. The van der Waals surface area contributed by atoms with Gasteiger partial charge in [0, 0.05) is 17.1 Å². The van der Waals surface area contributed by atoms with E-state index in [2.05, 4.69) is 41.7 Å². The topological polar surface area (TPSA) is 34.4 Å². The quantitative estimate of drug-likeness (QED) is 0.561. The lowest BCUT2D eigenvalue weighted by Crippen LogP contribution is -2.14. The number of rotatable bonds is 1. The van der Waals surface area contributed by atoms with Crippen molar-refractivity contribution in [2.45, 2.75) is 26.2 Å². The fourth-order valence-electron chi connectivity index (χ4n) is 2.48. The Morgan fingerprint density at radius 3 is 2.42 bits per heavy atom. The summed E-state index contributed by atoms with van der Waals surface area (Å²) in [7, 11) is 1.93. The van der Waals surface area contributed by atoms with Crippen molar-refractivity contribution in [2.24, 2.45) is 12.0 Å². The van der Waals surface area contributed by atoms with Gasteiger partial charge in [-0.25, -0.2) is 0 Å². The molecular formula is C19H19BrN2OS. The van der Waals surface area contributed by atoms with Gasteiger partial charge in [0.15, 0.2) is 4.80 Å². The van der Waals surface area contributed by atoms with Crippen LogP contribution < -0.4 is 4.80 Å². The molecule has 0 radical (unpaired) electrons. The number of amides is 1. The first-order chi connectivity index (χ1) is 11.3. The van der Waals surface area contributed by atoms with Gasteiger partial charge in [0.1, 0.15) is 0 Å². The monoisotopic (exact) mass is 402 g/mol. The summed E-state index contributed by atoms with van der Waals surface area (Å²) in [5, 5.41) is 0. The highest BCUT2D eigenvalue weighted by Crippen LogP contribution is 2.23. The average molecular weight is 403 g/mol. The van der Waals surface area contributed by atoms with E-state index in [4.69, 9.17) is 0 Å². The number of hydrogen-bond donors (Lipinski definition) is 0. The molecule has 0 fully saturated rings. The number of hydrogen-bond acceptors (Lipinski definition) is 2. The molecular weight excluding hydrogens is 384 g/mol. The van der Waals surface area contributed by atoms with Crippen LogP contribution >= 0.6 is 27.3 Å². The maximum absolute atomic E-state index is 12.5. The lowest BCUT2D eigenvalue weighted by molar-refractivity contribution is 0.0998. The number of nitrogens with zero attached hydrogens (tertiary/aromatic N) is 2. The predicted octanol–water partition coefficient (Wildman–Crippen LogP) is 5.04. The van der Waals surface area contributed by atoms with Gasteiger partial charge in [0.05, 0.1) is 10.2 Å². The second-order valence-corrected chi connectivity index (χ2v) is 8.72. The molecule has 0 saturated heterocycles. The summed E-state index contributed by atoms with van der Waals surface area (Å²) >= 11 is 4.99. The number of benzene rings is 2. The average Bonchev–Trinajstić information content (AvgIpc) is 2.82. The Morgan fingerprint density at radius 2 is 1.79 bits per heavy atom. The third-order valence-electron chi connectivity index (χ3n) is 3.97. The number of aryl methyl sites for hydroxylation is 1. The van der Waals surface area contributed by atoms with E-state index >= 15 is 0 Å². The van der Waals surface area contributed by atoms with Gasteiger partial charge in [0.25, 0.3) is 5.91 Å². The largest absolute Gasteiger partial charge is 0.319 e. The first-order valence-electron chi connectivity index (χ1n) is 7.70. The molecule has 3 nitrogen and oxygen atoms in total. The van der Waals surface area contributed by atoms with E-state index in [9.17, 15) is 4.79 Å².